The van der Waals surface area contributed by atoms with Gasteiger partial charge in [0.25, 0.3) is 5.91 Å². The highest BCUT2D eigenvalue weighted by Crippen LogP contribution is 2.34. The number of nitrogens with zero attached hydrogens (tertiary/aromatic N) is 2. The van der Waals surface area contributed by atoms with Gasteiger partial charge in [-0.25, -0.2) is 0 Å². The SMILES string of the molecule is Cn1nccc1[C@@H]1OCCC[C@H]1CNC(=O)C1(O)CCC1. The zero-order valence-electron chi connectivity index (χ0n) is 12.4. The predicted molar refractivity (Wildman–Crippen MR) is 76.4 cm³/mol. The highest BCUT2D eigenvalue weighted by Gasteiger charge is 2.42. The highest BCUT2D eigenvalue weighted by atomic mass is 16.5. The van der Waals surface area contributed by atoms with Crippen molar-refractivity contribution in [1.82, 2.24) is 15.1 Å². The van der Waals surface area contributed by atoms with E-state index in [2.05, 4.69) is 10.4 Å². The Hall–Kier alpha value is -1.40. The molecule has 1 aliphatic heterocycles. The number of rotatable bonds is 4. The molecule has 116 valence electrons. The molecule has 0 unspecified atom stereocenters. The van der Waals surface area contributed by atoms with Crippen LogP contribution in [0.15, 0.2) is 12.3 Å². The van der Waals surface area contributed by atoms with E-state index < -0.39 is 5.60 Å². The molecule has 6 nitrogen and oxygen atoms in total. The Balaban J connectivity index is 1.62. The van der Waals surface area contributed by atoms with Crippen LogP contribution in [0.2, 0.25) is 0 Å². The van der Waals surface area contributed by atoms with Crippen molar-refractivity contribution in [2.75, 3.05) is 13.2 Å². The van der Waals surface area contributed by atoms with Crippen LogP contribution in [-0.4, -0.2) is 39.5 Å². The van der Waals surface area contributed by atoms with Gasteiger partial charge in [0.05, 0.1) is 5.69 Å². The first-order valence-corrected chi connectivity index (χ1v) is 7.70. The zero-order valence-corrected chi connectivity index (χ0v) is 12.4. The number of carbonyl (C=O) groups is 1. The number of carbonyl (C=O) groups excluding carboxylic acids is 1. The lowest BCUT2D eigenvalue weighted by atomic mass is 9.79. The summed E-state index contributed by atoms with van der Waals surface area (Å²) in [5, 5.41) is 17.1. The zero-order chi connectivity index (χ0) is 14.9. The van der Waals surface area contributed by atoms with Crippen LogP contribution in [0.5, 0.6) is 0 Å². The van der Waals surface area contributed by atoms with Crippen LogP contribution in [0.1, 0.15) is 43.9 Å². The van der Waals surface area contributed by atoms with Crippen LogP contribution < -0.4 is 5.32 Å². The topological polar surface area (TPSA) is 76.4 Å². The van der Waals surface area contributed by atoms with E-state index in [1.807, 2.05) is 17.8 Å². The Morgan fingerprint density at radius 2 is 2.38 bits per heavy atom. The molecule has 2 atom stereocenters. The van der Waals surface area contributed by atoms with Crippen LogP contribution in [0.25, 0.3) is 0 Å². The molecule has 2 heterocycles. The first kappa shape index (κ1) is 14.5. The molecule has 3 rings (SSSR count). The average Bonchev–Trinajstić information content (AvgIpc) is 2.88. The minimum atomic E-state index is -1.13. The van der Waals surface area contributed by atoms with E-state index in [9.17, 15) is 9.90 Å². The molecule has 21 heavy (non-hydrogen) atoms. The average molecular weight is 293 g/mol. The molecule has 0 aromatic carbocycles. The van der Waals surface area contributed by atoms with E-state index in [-0.39, 0.29) is 17.9 Å². The second kappa shape index (κ2) is 5.77. The summed E-state index contributed by atoms with van der Waals surface area (Å²) >= 11 is 0. The molecular weight excluding hydrogens is 270 g/mol. The number of aromatic nitrogens is 2. The summed E-state index contributed by atoms with van der Waals surface area (Å²) in [6, 6.07) is 1.96. The van der Waals surface area contributed by atoms with Gasteiger partial charge in [-0.1, -0.05) is 0 Å². The number of aryl methyl sites for hydroxylation is 1. The van der Waals surface area contributed by atoms with Gasteiger partial charge in [0, 0.05) is 32.3 Å². The van der Waals surface area contributed by atoms with Crippen LogP contribution in [0.4, 0.5) is 0 Å². The van der Waals surface area contributed by atoms with Gasteiger partial charge in [0.15, 0.2) is 0 Å². The fourth-order valence-corrected chi connectivity index (χ4v) is 3.17. The maximum atomic E-state index is 12.0. The molecule has 1 aromatic heterocycles. The van der Waals surface area contributed by atoms with Crippen molar-refractivity contribution in [3.8, 4) is 0 Å². The van der Waals surface area contributed by atoms with E-state index in [0.29, 0.717) is 19.4 Å². The second-order valence-electron chi connectivity index (χ2n) is 6.17. The minimum absolute atomic E-state index is 0.0393. The van der Waals surface area contributed by atoms with Crippen LogP contribution in [0.3, 0.4) is 0 Å². The molecule has 6 heteroatoms. The number of aliphatic hydroxyl groups is 1. The van der Waals surface area contributed by atoms with Gasteiger partial charge in [0.2, 0.25) is 0 Å². The lowest BCUT2D eigenvalue weighted by molar-refractivity contribution is -0.149. The minimum Gasteiger partial charge on any atom is -0.380 e. The van der Waals surface area contributed by atoms with Gasteiger partial charge in [-0.3, -0.25) is 9.48 Å². The van der Waals surface area contributed by atoms with Crippen molar-refractivity contribution < 1.29 is 14.6 Å². The summed E-state index contributed by atoms with van der Waals surface area (Å²) in [6.07, 6.45) is 5.81. The molecule has 1 aliphatic carbocycles. The standard InChI is InChI=1S/C15H23N3O3/c1-18-12(5-8-17-18)13-11(4-2-9-21-13)10-16-14(19)15(20)6-3-7-15/h5,8,11,13,20H,2-4,6-7,9-10H2,1H3,(H,16,19)/t11-,13+/m0/s1. The van der Waals surface area contributed by atoms with Crippen molar-refractivity contribution >= 4 is 5.91 Å². The molecule has 2 N–H and O–H groups in total. The Bertz CT molecular complexity index is 510. The number of ether oxygens (including phenoxy) is 1. The van der Waals surface area contributed by atoms with E-state index >= 15 is 0 Å². The number of hydrogen-bond donors (Lipinski definition) is 2. The third-order valence-corrected chi connectivity index (χ3v) is 4.72. The smallest absolute Gasteiger partial charge is 0.251 e. The fraction of sp³-hybridized carbons (Fsp3) is 0.733. The van der Waals surface area contributed by atoms with Gasteiger partial charge >= 0.3 is 0 Å². The van der Waals surface area contributed by atoms with E-state index in [4.69, 9.17) is 4.74 Å². The first-order valence-electron chi connectivity index (χ1n) is 7.70. The molecule has 2 aliphatic rings. The largest absolute Gasteiger partial charge is 0.380 e. The molecule has 1 saturated heterocycles. The quantitative estimate of drug-likeness (QED) is 0.865. The number of hydrogen-bond acceptors (Lipinski definition) is 4. The maximum absolute atomic E-state index is 12.0. The van der Waals surface area contributed by atoms with Gasteiger partial charge in [-0.2, -0.15) is 5.10 Å². The molecule has 1 aromatic rings. The molecule has 0 radical (unpaired) electrons. The van der Waals surface area contributed by atoms with Crippen LogP contribution in [-0.2, 0) is 16.6 Å². The summed E-state index contributed by atoms with van der Waals surface area (Å²) in [5.74, 6) is -0.00939. The summed E-state index contributed by atoms with van der Waals surface area (Å²) in [6.45, 7) is 1.28. The van der Waals surface area contributed by atoms with Gasteiger partial charge in [-0.05, 0) is 38.2 Å². The molecule has 0 bridgehead atoms. The van der Waals surface area contributed by atoms with E-state index in [1.54, 1.807) is 6.20 Å². The Labute approximate surface area is 124 Å². The normalized spacial score (nSPS) is 27.9. The van der Waals surface area contributed by atoms with Crippen molar-refractivity contribution in [1.29, 1.82) is 0 Å². The molecule has 1 amide bonds. The summed E-state index contributed by atoms with van der Waals surface area (Å²) in [4.78, 5) is 12.0. The van der Waals surface area contributed by atoms with Crippen molar-refractivity contribution in [2.45, 2.75) is 43.8 Å². The van der Waals surface area contributed by atoms with Crippen molar-refractivity contribution in [3.05, 3.63) is 18.0 Å². The van der Waals surface area contributed by atoms with Crippen molar-refractivity contribution in [3.63, 3.8) is 0 Å². The van der Waals surface area contributed by atoms with Gasteiger partial charge in [0.1, 0.15) is 11.7 Å². The first-order chi connectivity index (χ1) is 10.1. The predicted octanol–water partition coefficient (Wildman–Crippen LogP) is 0.919. The summed E-state index contributed by atoms with van der Waals surface area (Å²) in [5.41, 5.74) is -0.0892. The molecular formula is C15H23N3O3. The monoisotopic (exact) mass is 293 g/mol. The van der Waals surface area contributed by atoms with E-state index in [0.717, 1.165) is 31.6 Å². The summed E-state index contributed by atoms with van der Waals surface area (Å²) in [7, 11) is 1.90. The van der Waals surface area contributed by atoms with E-state index in [1.165, 1.54) is 0 Å². The third kappa shape index (κ3) is 2.82. The highest BCUT2D eigenvalue weighted by molar-refractivity contribution is 5.85. The fourth-order valence-electron chi connectivity index (χ4n) is 3.17. The van der Waals surface area contributed by atoms with Crippen LogP contribution in [0, 0.1) is 5.92 Å². The maximum Gasteiger partial charge on any atom is 0.251 e. The Kier molecular flexibility index (Phi) is 3.99. The van der Waals surface area contributed by atoms with Crippen molar-refractivity contribution in [2.24, 2.45) is 13.0 Å². The lowest BCUT2D eigenvalue weighted by Crippen LogP contribution is -2.52. The van der Waals surface area contributed by atoms with Gasteiger partial charge in [-0.15, -0.1) is 0 Å². The lowest BCUT2D eigenvalue weighted by Gasteiger charge is -2.36. The third-order valence-electron chi connectivity index (χ3n) is 4.72. The molecule has 1 saturated carbocycles. The molecule has 0 spiro atoms. The number of nitrogens with one attached hydrogen (secondary N) is 1. The van der Waals surface area contributed by atoms with Gasteiger partial charge < -0.3 is 15.2 Å². The number of amides is 1. The Morgan fingerprint density at radius 1 is 1.57 bits per heavy atom. The summed E-state index contributed by atoms with van der Waals surface area (Å²) < 4.78 is 7.72. The molecule has 2 fully saturated rings. The van der Waals surface area contributed by atoms with Crippen LogP contribution >= 0.6 is 0 Å². The second-order valence-corrected chi connectivity index (χ2v) is 6.17. The Morgan fingerprint density at radius 3 is 3.00 bits per heavy atom.